The fourth-order valence-electron chi connectivity index (χ4n) is 4.63. The predicted octanol–water partition coefficient (Wildman–Crippen LogP) is 3.46. The van der Waals surface area contributed by atoms with Crippen molar-refractivity contribution in [1.29, 1.82) is 0 Å². The van der Waals surface area contributed by atoms with Gasteiger partial charge in [-0.1, -0.05) is 13.8 Å². The van der Waals surface area contributed by atoms with E-state index in [0.717, 1.165) is 41.3 Å². The van der Waals surface area contributed by atoms with E-state index in [1.165, 1.54) is 11.3 Å². The van der Waals surface area contributed by atoms with Crippen LogP contribution in [0.4, 0.5) is 0 Å². The Labute approximate surface area is 178 Å². The van der Waals surface area contributed by atoms with Crippen LogP contribution in [0.2, 0.25) is 0 Å². The van der Waals surface area contributed by atoms with Crippen LogP contribution in [-0.4, -0.2) is 52.4 Å². The number of nitrogens with zero attached hydrogens (tertiary/aromatic N) is 2. The third kappa shape index (κ3) is 5.57. The number of hydrogen-bond acceptors (Lipinski definition) is 5. The summed E-state index contributed by atoms with van der Waals surface area (Å²) in [5.41, 5.74) is 0.638. The smallest absolute Gasteiger partial charge is 0.263 e. The molecule has 0 unspecified atom stereocenters. The minimum Gasteiger partial charge on any atom is -0.351 e. The molecule has 2 bridgehead atoms. The number of fused-ring (bicyclic) bond motifs is 2. The van der Waals surface area contributed by atoms with Crippen LogP contribution >= 0.6 is 11.3 Å². The van der Waals surface area contributed by atoms with Crippen LogP contribution in [0.3, 0.4) is 0 Å². The molecule has 2 aliphatic heterocycles. The summed E-state index contributed by atoms with van der Waals surface area (Å²) in [6, 6.07) is 0.915. The van der Waals surface area contributed by atoms with Gasteiger partial charge in [0.15, 0.2) is 0 Å². The summed E-state index contributed by atoms with van der Waals surface area (Å²) in [7, 11) is 0. The molecule has 2 amide bonds. The van der Waals surface area contributed by atoms with Gasteiger partial charge in [0.05, 0.1) is 17.2 Å². The Morgan fingerprint density at radius 1 is 1.21 bits per heavy atom. The van der Waals surface area contributed by atoms with Gasteiger partial charge in [0, 0.05) is 30.1 Å². The molecule has 0 radical (unpaired) electrons. The van der Waals surface area contributed by atoms with Crippen LogP contribution < -0.4 is 10.6 Å². The monoisotopic (exact) mass is 420 g/mol. The van der Waals surface area contributed by atoms with Crippen molar-refractivity contribution in [3.63, 3.8) is 0 Å². The standard InChI is InChI=1S/C22H36N4O2S/c1-13(2)21-24-14(3)19(29-21)20(28)23-11-15-9-16-7-8-17(10-15)26(16)12-18(27)25-22(4,5)6/h13,15-17H,7-12H2,1-6H3,(H,23,28)(H,25,27)/t15-,16-,17+. The Bertz CT molecular complexity index is 738. The first-order valence-corrected chi connectivity index (χ1v) is 11.7. The number of aryl methyl sites for hydroxylation is 1. The van der Waals surface area contributed by atoms with Gasteiger partial charge in [-0.25, -0.2) is 4.98 Å². The highest BCUT2D eigenvalue weighted by atomic mass is 32.1. The van der Waals surface area contributed by atoms with Crippen LogP contribution in [0.15, 0.2) is 0 Å². The zero-order valence-electron chi connectivity index (χ0n) is 18.7. The number of nitrogens with one attached hydrogen (secondary N) is 2. The lowest BCUT2D eigenvalue weighted by molar-refractivity contribution is -0.125. The number of piperidine rings is 1. The first kappa shape index (κ1) is 22.2. The van der Waals surface area contributed by atoms with Crippen LogP contribution in [0.1, 0.15) is 86.6 Å². The van der Waals surface area contributed by atoms with E-state index in [9.17, 15) is 9.59 Å². The summed E-state index contributed by atoms with van der Waals surface area (Å²) in [6.07, 6.45) is 4.42. The molecule has 162 valence electrons. The zero-order valence-corrected chi connectivity index (χ0v) is 19.5. The summed E-state index contributed by atoms with van der Waals surface area (Å²) in [5, 5.41) is 7.25. The van der Waals surface area contributed by atoms with Crippen molar-refractivity contribution in [1.82, 2.24) is 20.5 Å². The van der Waals surface area contributed by atoms with Crippen molar-refractivity contribution < 1.29 is 9.59 Å². The molecule has 0 spiro atoms. The van der Waals surface area contributed by atoms with Crippen molar-refractivity contribution in [2.24, 2.45) is 5.92 Å². The summed E-state index contributed by atoms with van der Waals surface area (Å²) in [4.78, 5) is 32.7. The molecule has 0 aliphatic carbocycles. The number of thiazole rings is 1. The molecule has 2 aliphatic rings. The van der Waals surface area contributed by atoms with Gasteiger partial charge in [-0.15, -0.1) is 11.3 Å². The topological polar surface area (TPSA) is 74.3 Å². The zero-order chi connectivity index (χ0) is 21.3. The number of amides is 2. The van der Waals surface area contributed by atoms with Gasteiger partial charge in [-0.3, -0.25) is 14.5 Å². The maximum Gasteiger partial charge on any atom is 0.263 e. The molecule has 1 aromatic rings. The molecule has 6 nitrogen and oxygen atoms in total. The second-order valence-corrected chi connectivity index (χ2v) is 11.1. The quantitative estimate of drug-likeness (QED) is 0.739. The van der Waals surface area contributed by atoms with Gasteiger partial charge in [-0.2, -0.15) is 0 Å². The number of carbonyl (C=O) groups excluding carboxylic acids is 2. The fraction of sp³-hybridized carbons (Fsp3) is 0.773. The predicted molar refractivity (Wildman–Crippen MR) is 117 cm³/mol. The van der Waals surface area contributed by atoms with E-state index < -0.39 is 0 Å². The van der Waals surface area contributed by atoms with E-state index in [1.54, 1.807) is 0 Å². The lowest BCUT2D eigenvalue weighted by Crippen LogP contribution is -2.52. The second kappa shape index (κ2) is 8.72. The van der Waals surface area contributed by atoms with Gasteiger partial charge in [-0.05, 0) is 59.3 Å². The Balaban J connectivity index is 1.51. The Kier molecular flexibility index (Phi) is 6.68. The van der Waals surface area contributed by atoms with Crippen LogP contribution in [0.5, 0.6) is 0 Å². The second-order valence-electron chi connectivity index (χ2n) is 10.0. The lowest BCUT2D eigenvalue weighted by Gasteiger charge is -2.39. The molecule has 7 heteroatoms. The van der Waals surface area contributed by atoms with Crippen molar-refractivity contribution in [2.45, 2.75) is 90.8 Å². The lowest BCUT2D eigenvalue weighted by atomic mass is 9.90. The molecule has 2 fully saturated rings. The van der Waals surface area contributed by atoms with E-state index >= 15 is 0 Å². The van der Waals surface area contributed by atoms with Gasteiger partial charge in [0.25, 0.3) is 5.91 Å². The summed E-state index contributed by atoms with van der Waals surface area (Å²) >= 11 is 1.51. The summed E-state index contributed by atoms with van der Waals surface area (Å²) in [6.45, 7) is 13.4. The third-order valence-electron chi connectivity index (χ3n) is 5.89. The molecule has 29 heavy (non-hydrogen) atoms. The van der Waals surface area contributed by atoms with Crippen molar-refractivity contribution in [2.75, 3.05) is 13.1 Å². The van der Waals surface area contributed by atoms with E-state index in [0.29, 0.717) is 37.0 Å². The molecule has 3 rings (SSSR count). The number of rotatable bonds is 6. The Morgan fingerprint density at radius 3 is 2.34 bits per heavy atom. The molecule has 1 aromatic heterocycles. The average Bonchev–Trinajstić information content (AvgIpc) is 3.08. The maximum atomic E-state index is 12.7. The molecular weight excluding hydrogens is 384 g/mol. The van der Waals surface area contributed by atoms with Crippen LogP contribution in [0, 0.1) is 12.8 Å². The normalized spacial score (nSPS) is 24.7. The number of carbonyl (C=O) groups is 2. The van der Waals surface area contributed by atoms with Crippen LogP contribution in [-0.2, 0) is 4.79 Å². The highest BCUT2D eigenvalue weighted by molar-refractivity contribution is 7.13. The van der Waals surface area contributed by atoms with Crippen LogP contribution in [0.25, 0.3) is 0 Å². The van der Waals surface area contributed by atoms with Crippen molar-refractivity contribution in [3.05, 3.63) is 15.6 Å². The van der Waals surface area contributed by atoms with E-state index in [2.05, 4.69) is 34.4 Å². The minimum atomic E-state index is -0.192. The first-order chi connectivity index (χ1) is 13.5. The van der Waals surface area contributed by atoms with Gasteiger partial charge < -0.3 is 10.6 Å². The highest BCUT2D eigenvalue weighted by Crippen LogP contribution is 2.38. The molecule has 2 N–H and O–H groups in total. The largest absolute Gasteiger partial charge is 0.351 e. The average molecular weight is 421 g/mol. The van der Waals surface area contributed by atoms with Crippen molar-refractivity contribution >= 4 is 23.2 Å². The van der Waals surface area contributed by atoms with E-state index in [-0.39, 0.29) is 17.4 Å². The van der Waals surface area contributed by atoms with E-state index in [1.807, 2.05) is 27.7 Å². The Hall–Kier alpha value is -1.47. The molecule has 0 saturated carbocycles. The molecule has 3 atom stereocenters. The summed E-state index contributed by atoms with van der Waals surface area (Å²) < 4.78 is 0. The molecule has 3 heterocycles. The maximum absolute atomic E-state index is 12.7. The Morgan fingerprint density at radius 2 is 1.83 bits per heavy atom. The molecule has 0 aromatic carbocycles. The van der Waals surface area contributed by atoms with E-state index in [4.69, 9.17) is 0 Å². The fourth-order valence-corrected chi connectivity index (χ4v) is 5.61. The minimum absolute atomic E-state index is 0.00577. The highest BCUT2D eigenvalue weighted by Gasteiger charge is 2.41. The van der Waals surface area contributed by atoms with Crippen molar-refractivity contribution in [3.8, 4) is 0 Å². The first-order valence-electron chi connectivity index (χ1n) is 10.9. The van der Waals surface area contributed by atoms with Gasteiger partial charge in [0.2, 0.25) is 5.91 Å². The summed E-state index contributed by atoms with van der Waals surface area (Å²) in [5.74, 6) is 0.945. The number of aromatic nitrogens is 1. The SMILES string of the molecule is Cc1nc(C(C)C)sc1C(=O)NC[C@@H]1C[C@H]2CC[C@@H](C1)N2CC(=O)NC(C)(C)C. The van der Waals surface area contributed by atoms with Gasteiger partial charge in [0.1, 0.15) is 4.88 Å². The molecular formula is C22H36N4O2S. The number of hydrogen-bond donors (Lipinski definition) is 2. The third-order valence-corrected chi connectivity index (χ3v) is 7.34. The molecule has 2 saturated heterocycles. The van der Waals surface area contributed by atoms with Gasteiger partial charge >= 0.3 is 0 Å².